The van der Waals surface area contributed by atoms with E-state index in [9.17, 15) is 4.79 Å². The number of para-hydroxylation sites is 1. The molecule has 0 bridgehead atoms. The largest absolute Gasteiger partial charge is 0.381 e. The summed E-state index contributed by atoms with van der Waals surface area (Å²) in [7, 11) is 0. The number of nitrogens with two attached hydrogens (primary N) is 1. The molecule has 0 saturated carbocycles. The first-order valence-electron chi connectivity index (χ1n) is 8.02. The van der Waals surface area contributed by atoms with Crippen molar-refractivity contribution in [3.05, 3.63) is 29.8 Å². The van der Waals surface area contributed by atoms with Crippen molar-refractivity contribution in [2.24, 2.45) is 5.73 Å². The van der Waals surface area contributed by atoms with Gasteiger partial charge in [0.05, 0.1) is 5.54 Å². The fourth-order valence-electron chi connectivity index (χ4n) is 2.81. The number of aryl methyl sites for hydroxylation is 1. The van der Waals surface area contributed by atoms with Crippen molar-refractivity contribution in [1.82, 2.24) is 5.32 Å². The number of rotatable bonds is 6. The Hall–Kier alpha value is -1.59. The predicted octanol–water partition coefficient (Wildman–Crippen LogP) is 1.45. The molecule has 1 fully saturated rings. The van der Waals surface area contributed by atoms with E-state index in [0.717, 1.165) is 13.1 Å². The van der Waals surface area contributed by atoms with E-state index in [4.69, 9.17) is 10.5 Å². The minimum Gasteiger partial charge on any atom is -0.381 e. The highest BCUT2D eigenvalue weighted by atomic mass is 16.5. The molecule has 1 aliphatic heterocycles. The summed E-state index contributed by atoms with van der Waals surface area (Å²) in [6.07, 6.45) is 1.18. The van der Waals surface area contributed by atoms with E-state index >= 15 is 0 Å². The van der Waals surface area contributed by atoms with Crippen LogP contribution in [0.3, 0.4) is 0 Å². The number of likely N-dealkylation sites (N-methyl/N-ethyl adjacent to an activating group) is 1. The van der Waals surface area contributed by atoms with Crippen LogP contribution in [0.1, 0.15) is 25.3 Å². The second-order valence-corrected chi connectivity index (χ2v) is 5.89. The van der Waals surface area contributed by atoms with E-state index in [1.807, 2.05) is 12.1 Å². The summed E-state index contributed by atoms with van der Waals surface area (Å²) < 4.78 is 5.28. The van der Waals surface area contributed by atoms with Crippen molar-refractivity contribution in [2.45, 2.75) is 32.2 Å². The standard InChI is InChI=1S/C17H27N3O2/c1-3-20(15-7-5-4-6-14(15)2)11-10-19-16(21)17(18)8-12-22-13-9-17/h4-7H,3,8-13,18H2,1-2H3,(H,19,21). The average Bonchev–Trinajstić information content (AvgIpc) is 2.53. The monoisotopic (exact) mass is 305 g/mol. The Labute approximate surface area is 132 Å². The third-order valence-corrected chi connectivity index (χ3v) is 4.34. The zero-order chi connectivity index (χ0) is 16.0. The number of hydrogen-bond donors (Lipinski definition) is 2. The smallest absolute Gasteiger partial charge is 0.240 e. The Morgan fingerprint density at radius 1 is 1.36 bits per heavy atom. The molecule has 22 heavy (non-hydrogen) atoms. The van der Waals surface area contributed by atoms with E-state index in [0.29, 0.717) is 32.6 Å². The summed E-state index contributed by atoms with van der Waals surface area (Å²) in [5, 5.41) is 2.99. The maximum absolute atomic E-state index is 12.3. The van der Waals surface area contributed by atoms with Gasteiger partial charge in [0.2, 0.25) is 5.91 Å². The Morgan fingerprint density at radius 2 is 2.05 bits per heavy atom. The van der Waals surface area contributed by atoms with Crippen LogP contribution < -0.4 is 16.0 Å². The first-order valence-corrected chi connectivity index (χ1v) is 8.02. The van der Waals surface area contributed by atoms with Crippen LogP contribution in [0.25, 0.3) is 0 Å². The van der Waals surface area contributed by atoms with Crippen LogP contribution in [0.4, 0.5) is 5.69 Å². The highest BCUT2D eigenvalue weighted by molar-refractivity contribution is 5.86. The van der Waals surface area contributed by atoms with E-state index in [-0.39, 0.29) is 5.91 Å². The number of amides is 1. The zero-order valence-electron chi connectivity index (χ0n) is 13.6. The molecule has 3 N–H and O–H groups in total. The molecule has 0 aromatic heterocycles. The fourth-order valence-corrected chi connectivity index (χ4v) is 2.81. The lowest BCUT2D eigenvalue weighted by molar-refractivity contribution is -0.129. The second kappa shape index (κ2) is 7.61. The SMILES string of the molecule is CCN(CCNC(=O)C1(N)CCOCC1)c1ccccc1C. The van der Waals surface area contributed by atoms with Crippen molar-refractivity contribution in [3.63, 3.8) is 0 Å². The summed E-state index contributed by atoms with van der Waals surface area (Å²) in [4.78, 5) is 14.5. The van der Waals surface area contributed by atoms with Crippen LogP contribution in [0, 0.1) is 6.92 Å². The van der Waals surface area contributed by atoms with E-state index in [2.05, 4.69) is 36.2 Å². The van der Waals surface area contributed by atoms with Gasteiger partial charge in [-0.3, -0.25) is 4.79 Å². The summed E-state index contributed by atoms with van der Waals surface area (Å²) in [6, 6.07) is 8.30. The topological polar surface area (TPSA) is 67.6 Å². The molecule has 0 atom stereocenters. The molecule has 1 heterocycles. The molecule has 5 heteroatoms. The number of carbonyl (C=O) groups excluding carboxylic acids is 1. The first kappa shape index (κ1) is 16.8. The van der Waals surface area contributed by atoms with Gasteiger partial charge >= 0.3 is 0 Å². The lowest BCUT2D eigenvalue weighted by Gasteiger charge is -2.32. The molecule has 5 nitrogen and oxygen atoms in total. The Morgan fingerprint density at radius 3 is 2.68 bits per heavy atom. The Bertz CT molecular complexity index is 498. The molecular formula is C17H27N3O2. The predicted molar refractivity (Wildman–Crippen MR) is 89.0 cm³/mol. The normalized spacial score (nSPS) is 17.0. The van der Waals surface area contributed by atoms with Crippen molar-refractivity contribution in [3.8, 4) is 0 Å². The summed E-state index contributed by atoms with van der Waals surface area (Å²) in [5.41, 5.74) is 7.88. The molecule has 2 rings (SSSR count). The van der Waals surface area contributed by atoms with Gasteiger partial charge in [0.25, 0.3) is 0 Å². The van der Waals surface area contributed by atoms with Gasteiger partial charge in [0.1, 0.15) is 0 Å². The molecule has 0 spiro atoms. The quantitative estimate of drug-likeness (QED) is 0.834. The molecule has 1 aromatic rings. The maximum Gasteiger partial charge on any atom is 0.240 e. The van der Waals surface area contributed by atoms with Crippen molar-refractivity contribution < 1.29 is 9.53 Å². The number of nitrogens with one attached hydrogen (secondary N) is 1. The van der Waals surface area contributed by atoms with Gasteiger partial charge in [-0.15, -0.1) is 0 Å². The number of anilines is 1. The summed E-state index contributed by atoms with van der Waals surface area (Å²) in [6.45, 7) is 7.63. The van der Waals surface area contributed by atoms with Crippen LogP contribution in [-0.2, 0) is 9.53 Å². The lowest BCUT2D eigenvalue weighted by atomic mass is 9.90. The van der Waals surface area contributed by atoms with E-state index in [1.54, 1.807) is 0 Å². The molecule has 0 aliphatic carbocycles. The minimum atomic E-state index is -0.766. The van der Waals surface area contributed by atoms with Gasteiger partial charge < -0.3 is 20.7 Å². The van der Waals surface area contributed by atoms with Gasteiger partial charge in [-0.25, -0.2) is 0 Å². The number of benzene rings is 1. The third-order valence-electron chi connectivity index (χ3n) is 4.34. The maximum atomic E-state index is 12.3. The number of ether oxygens (including phenoxy) is 1. The molecule has 0 radical (unpaired) electrons. The van der Waals surface area contributed by atoms with Gasteiger partial charge in [-0.2, -0.15) is 0 Å². The zero-order valence-corrected chi connectivity index (χ0v) is 13.6. The van der Waals surface area contributed by atoms with Crippen LogP contribution in [-0.4, -0.2) is 44.3 Å². The lowest BCUT2D eigenvalue weighted by Crippen LogP contribution is -2.57. The first-order chi connectivity index (χ1) is 10.6. The Balaban J connectivity index is 1.86. The molecule has 1 aromatic carbocycles. The van der Waals surface area contributed by atoms with Gasteiger partial charge in [0, 0.05) is 38.5 Å². The summed E-state index contributed by atoms with van der Waals surface area (Å²) in [5.74, 6) is -0.0587. The van der Waals surface area contributed by atoms with E-state index in [1.165, 1.54) is 11.3 Å². The van der Waals surface area contributed by atoms with E-state index < -0.39 is 5.54 Å². The number of carbonyl (C=O) groups is 1. The van der Waals surface area contributed by atoms with Gasteiger partial charge in [-0.1, -0.05) is 18.2 Å². The van der Waals surface area contributed by atoms with Crippen LogP contribution >= 0.6 is 0 Å². The number of nitrogens with zero attached hydrogens (tertiary/aromatic N) is 1. The summed E-state index contributed by atoms with van der Waals surface area (Å²) >= 11 is 0. The van der Waals surface area contributed by atoms with Crippen LogP contribution in [0.2, 0.25) is 0 Å². The average molecular weight is 305 g/mol. The molecular weight excluding hydrogens is 278 g/mol. The van der Waals surface area contributed by atoms with Gasteiger partial charge in [-0.05, 0) is 38.3 Å². The molecule has 0 unspecified atom stereocenters. The molecule has 1 aliphatic rings. The van der Waals surface area contributed by atoms with Crippen molar-refractivity contribution in [2.75, 3.05) is 37.7 Å². The van der Waals surface area contributed by atoms with Crippen molar-refractivity contribution in [1.29, 1.82) is 0 Å². The second-order valence-electron chi connectivity index (χ2n) is 5.89. The van der Waals surface area contributed by atoms with Crippen LogP contribution in [0.15, 0.2) is 24.3 Å². The molecule has 122 valence electrons. The van der Waals surface area contributed by atoms with Gasteiger partial charge in [0.15, 0.2) is 0 Å². The van der Waals surface area contributed by atoms with Crippen LogP contribution in [0.5, 0.6) is 0 Å². The highest BCUT2D eigenvalue weighted by Crippen LogP contribution is 2.19. The fraction of sp³-hybridized carbons (Fsp3) is 0.588. The number of hydrogen-bond acceptors (Lipinski definition) is 4. The Kier molecular flexibility index (Phi) is 5.80. The minimum absolute atomic E-state index is 0.0587. The highest BCUT2D eigenvalue weighted by Gasteiger charge is 2.35. The molecule has 1 saturated heterocycles. The third kappa shape index (κ3) is 3.99. The van der Waals surface area contributed by atoms with Crippen molar-refractivity contribution >= 4 is 11.6 Å². The molecule has 1 amide bonds.